The van der Waals surface area contributed by atoms with E-state index in [9.17, 15) is 4.39 Å². The van der Waals surface area contributed by atoms with Gasteiger partial charge < -0.3 is 0 Å². The van der Waals surface area contributed by atoms with Gasteiger partial charge in [0.1, 0.15) is 5.82 Å². The normalized spacial score (nSPS) is 15.0. The van der Waals surface area contributed by atoms with Gasteiger partial charge in [0.05, 0.1) is 0 Å². The van der Waals surface area contributed by atoms with Crippen molar-refractivity contribution >= 4 is 15.9 Å². The van der Waals surface area contributed by atoms with Gasteiger partial charge in [-0.25, -0.2) is 4.39 Å². The first-order valence-electron chi connectivity index (χ1n) is 5.43. The van der Waals surface area contributed by atoms with Crippen molar-refractivity contribution in [2.45, 2.75) is 38.4 Å². The molecular weight excluding hydrogens is 255 g/mol. The van der Waals surface area contributed by atoms with E-state index in [4.69, 9.17) is 0 Å². The smallest absolute Gasteiger partial charge is 0.123 e. The van der Waals surface area contributed by atoms with Gasteiger partial charge in [-0.3, -0.25) is 0 Å². The second kappa shape index (κ2) is 5.64. The minimum absolute atomic E-state index is 0.134. The summed E-state index contributed by atoms with van der Waals surface area (Å²) in [4.78, 5) is 0.514. The SMILES string of the molecule is CCC(Br)C(C)Cc1cc(F)ccc1C. The summed E-state index contributed by atoms with van der Waals surface area (Å²) in [6.07, 6.45) is 2.04. The Morgan fingerprint density at radius 2 is 2.07 bits per heavy atom. The number of hydrogen-bond donors (Lipinski definition) is 0. The maximum Gasteiger partial charge on any atom is 0.123 e. The maximum absolute atomic E-state index is 13.1. The maximum atomic E-state index is 13.1. The summed E-state index contributed by atoms with van der Waals surface area (Å²) in [7, 11) is 0. The highest BCUT2D eigenvalue weighted by Crippen LogP contribution is 2.22. The van der Waals surface area contributed by atoms with Crippen molar-refractivity contribution in [2.75, 3.05) is 0 Å². The largest absolute Gasteiger partial charge is 0.207 e. The molecule has 0 nitrogen and oxygen atoms in total. The summed E-state index contributed by atoms with van der Waals surface area (Å²) in [5.41, 5.74) is 2.31. The summed E-state index contributed by atoms with van der Waals surface area (Å²) < 4.78 is 13.1. The Hall–Kier alpha value is -0.370. The summed E-state index contributed by atoms with van der Waals surface area (Å²) in [6.45, 7) is 6.40. The summed E-state index contributed by atoms with van der Waals surface area (Å²) in [5, 5.41) is 0. The molecule has 2 atom stereocenters. The average molecular weight is 273 g/mol. The highest BCUT2D eigenvalue weighted by atomic mass is 79.9. The second-order valence-electron chi connectivity index (χ2n) is 4.18. The van der Waals surface area contributed by atoms with Crippen molar-refractivity contribution < 1.29 is 4.39 Å². The molecule has 2 heteroatoms. The third-order valence-corrected chi connectivity index (χ3v) is 4.41. The van der Waals surface area contributed by atoms with Crippen LogP contribution in [0.2, 0.25) is 0 Å². The van der Waals surface area contributed by atoms with Gasteiger partial charge in [-0.05, 0) is 48.9 Å². The van der Waals surface area contributed by atoms with Crippen LogP contribution in [0.15, 0.2) is 18.2 Å². The van der Waals surface area contributed by atoms with Crippen LogP contribution in [0.4, 0.5) is 4.39 Å². The molecule has 0 aromatic heterocycles. The first-order chi connectivity index (χ1) is 7.04. The molecule has 0 aliphatic heterocycles. The molecule has 2 unspecified atom stereocenters. The fourth-order valence-corrected chi connectivity index (χ4v) is 1.92. The van der Waals surface area contributed by atoms with Crippen molar-refractivity contribution in [3.8, 4) is 0 Å². The number of rotatable bonds is 4. The first-order valence-corrected chi connectivity index (χ1v) is 6.35. The fraction of sp³-hybridized carbons (Fsp3) is 0.538. The Bertz CT molecular complexity index is 322. The Balaban J connectivity index is 2.75. The standard InChI is InChI=1S/C13H18BrF/c1-4-13(14)10(3)7-11-8-12(15)6-5-9(11)2/h5-6,8,10,13H,4,7H2,1-3H3. The van der Waals surface area contributed by atoms with E-state index in [0.29, 0.717) is 10.7 Å². The van der Waals surface area contributed by atoms with Gasteiger partial charge in [0.2, 0.25) is 0 Å². The number of aryl methyl sites for hydroxylation is 1. The molecule has 0 radical (unpaired) electrons. The van der Waals surface area contributed by atoms with Crippen molar-refractivity contribution in [1.29, 1.82) is 0 Å². The Morgan fingerprint density at radius 1 is 1.40 bits per heavy atom. The molecule has 1 rings (SSSR count). The third-order valence-electron chi connectivity index (χ3n) is 2.86. The van der Waals surface area contributed by atoms with Crippen molar-refractivity contribution in [1.82, 2.24) is 0 Å². The molecule has 0 spiro atoms. The van der Waals surface area contributed by atoms with E-state index in [1.165, 1.54) is 11.6 Å². The quantitative estimate of drug-likeness (QED) is 0.709. The lowest BCUT2D eigenvalue weighted by Gasteiger charge is -2.17. The molecule has 0 fully saturated rings. The van der Waals surface area contributed by atoms with E-state index in [-0.39, 0.29) is 5.82 Å². The van der Waals surface area contributed by atoms with Gasteiger partial charge in [0, 0.05) is 4.83 Å². The van der Waals surface area contributed by atoms with Crippen LogP contribution in [-0.2, 0) is 6.42 Å². The van der Waals surface area contributed by atoms with E-state index in [2.05, 4.69) is 29.8 Å². The van der Waals surface area contributed by atoms with Crippen LogP contribution in [0.25, 0.3) is 0 Å². The van der Waals surface area contributed by atoms with Gasteiger partial charge >= 0.3 is 0 Å². The summed E-state index contributed by atoms with van der Waals surface area (Å²) in [5.74, 6) is 0.404. The van der Waals surface area contributed by atoms with E-state index in [1.54, 1.807) is 6.07 Å². The number of alkyl halides is 1. The third kappa shape index (κ3) is 3.60. The number of halogens is 2. The molecule has 0 bridgehead atoms. The van der Waals surface area contributed by atoms with E-state index in [1.807, 2.05) is 13.0 Å². The Labute approximate surface area is 100 Å². The van der Waals surface area contributed by atoms with Crippen LogP contribution >= 0.6 is 15.9 Å². The monoisotopic (exact) mass is 272 g/mol. The lowest BCUT2D eigenvalue weighted by Crippen LogP contribution is -2.13. The zero-order valence-corrected chi connectivity index (χ0v) is 11.1. The minimum Gasteiger partial charge on any atom is -0.207 e. The predicted octanol–water partition coefficient (Wildman–Crippen LogP) is 4.49. The number of hydrogen-bond acceptors (Lipinski definition) is 0. The van der Waals surface area contributed by atoms with Crippen LogP contribution in [0.1, 0.15) is 31.4 Å². The van der Waals surface area contributed by atoms with Crippen LogP contribution < -0.4 is 0 Å². The van der Waals surface area contributed by atoms with E-state index in [0.717, 1.165) is 18.4 Å². The van der Waals surface area contributed by atoms with Crippen molar-refractivity contribution in [3.63, 3.8) is 0 Å². The molecule has 0 aliphatic carbocycles. The molecule has 15 heavy (non-hydrogen) atoms. The summed E-state index contributed by atoms with van der Waals surface area (Å²) >= 11 is 3.65. The predicted molar refractivity (Wildman–Crippen MR) is 67.0 cm³/mol. The Morgan fingerprint density at radius 3 is 2.67 bits per heavy atom. The van der Waals surface area contributed by atoms with Crippen molar-refractivity contribution in [3.05, 3.63) is 35.1 Å². The average Bonchev–Trinajstić information content (AvgIpc) is 2.22. The van der Waals surface area contributed by atoms with Crippen LogP contribution in [0.5, 0.6) is 0 Å². The molecule has 0 saturated heterocycles. The molecule has 0 aliphatic rings. The van der Waals surface area contributed by atoms with Gasteiger partial charge in [-0.2, -0.15) is 0 Å². The molecular formula is C13H18BrF. The minimum atomic E-state index is -0.134. The Kier molecular flexibility index (Phi) is 4.78. The zero-order chi connectivity index (χ0) is 11.4. The van der Waals surface area contributed by atoms with Crippen LogP contribution in [0.3, 0.4) is 0 Å². The van der Waals surface area contributed by atoms with Crippen LogP contribution in [-0.4, -0.2) is 4.83 Å². The summed E-state index contributed by atoms with van der Waals surface area (Å²) in [6, 6.07) is 5.03. The van der Waals surface area contributed by atoms with Gasteiger partial charge in [0.15, 0.2) is 0 Å². The van der Waals surface area contributed by atoms with E-state index >= 15 is 0 Å². The van der Waals surface area contributed by atoms with Gasteiger partial charge in [0.25, 0.3) is 0 Å². The highest BCUT2D eigenvalue weighted by Gasteiger charge is 2.13. The number of benzene rings is 1. The molecule has 1 aromatic carbocycles. The fourth-order valence-electron chi connectivity index (χ4n) is 1.74. The van der Waals surface area contributed by atoms with Crippen molar-refractivity contribution in [2.24, 2.45) is 5.92 Å². The second-order valence-corrected chi connectivity index (χ2v) is 5.35. The topological polar surface area (TPSA) is 0 Å². The van der Waals surface area contributed by atoms with Crippen LogP contribution in [0, 0.1) is 18.7 Å². The molecule has 84 valence electrons. The molecule has 0 saturated carbocycles. The molecule has 0 N–H and O–H groups in total. The lowest BCUT2D eigenvalue weighted by molar-refractivity contribution is 0.540. The molecule has 0 amide bonds. The van der Waals surface area contributed by atoms with Gasteiger partial charge in [-0.1, -0.05) is 35.8 Å². The molecule has 1 aromatic rings. The highest BCUT2D eigenvalue weighted by molar-refractivity contribution is 9.09. The zero-order valence-electron chi connectivity index (χ0n) is 9.56. The lowest BCUT2D eigenvalue weighted by atomic mass is 9.94. The van der Waals surface area contributed by atoms with E-state index < -0.39 is 0 Å². The molecule has 0 heterocycles. The van der Waals surface area contributed by atoms with Gasteiger partial charge in [-0.15, -0.1) is 0 Å². The first kappa shape index (κ1) is 12.7.